The van der Waals surface area contributed by atoms with Gasteiger partial charge in [-0.15, -0.1) is 5.10 Å². The zero-order valence-corrected chi connectivity index (χ0v) is 17.2. The molecule has 0 unspecified atom stereocenters. The van der Waals surface area contributed by atoms with Gasteiger partial charge < -0.3 is 14.4 Å². The summed E-state index contributed by atoms with van der Waals surface area (Å²) in [4.78, 5) is 2.24. The molecule has 0 spiro atoms. The van der Waals surface area contributed by atoms with Gasteiger partial charge in [-0.25, -0.2) is 0 Å². The van der Waals surface area contributed by atoms with E-state index in [0.29, 0.717) is 12.4 Å². The maximum atomic E-state index is 8.63. The maximum absolute atomic E-state index is 8.63. The number of methoxy groups -OCH3 is 2. The molecular weight excluding hydrogens is 378 g/mol. The van der Waals surface area contributed by atoms with Crippen LogP contribution in [0.3, 0.4) is 0 Å². The van der Waals surface area contributed by atoms with E-state index in [1.165, 1.54) is 15.8 Å². The molecule has 1 aromatic heterocycles. The van der Waals surface area contributed by atoms with Gasteiger partial charge in [-0.05, 0) is 42.5 Å². The van der Waals surface area contributed by atoms with Gasteiger partial charge in [0.05, 0.1) is 14.2 Å². The van der Waals surface area contributed by atoms with Crippen molar-refractivity contribution in [2.75, 3.05) is 25.7 Å². The molecule has 1 fully saturated rings. The van der Waals surface area contributed by atoms with Crippen molar-refractivity contribution in [3.63, 3.8) is 0 Å². The molecule has 2 heterocycles. The molecule has 3 aromatic rings. The van der Waals surface area contributed by atoms with E-state index in [2.05, 4.69) is 11.0 Å². The number of anilines is 1. The smallest absolute Gasteiger partial charge is 0.161 e. The first-order chi connectivity index (χ1) is 14.6. The van der Waals surface area contributed by atoms with E-state index in [4.69, 9.17) is 25.4 Å². The first-order valence-electron chi connectivity index (χ1n) is 10.2. The van der Waals surface area contributed by atoms with E-state index in [1.807, 2.05) is 30.3 Å². The van der Waals surface area contributed by atoms with Gasteiger partial charge in [0.2, 0.25) is 0 Å². The van der Waals surface area contributed by atoms with Gasteiger partial charge in [0.15, 0.2) is 22.8 Å². The lowest BCUT2D eigenvalue weighted by atomic mass is 9.98. The largest absolute Gasteiger partial charge is 0.493 e. The average molecular weight is 403 g/mol. The number of aromatic nitrogens is 2. The summed E-state index contributed by atoms with van der Waals surface area (Å²) >= 11 is 0. The normalized spacial score (nSPS) is 15.7. The molecule has 0 amide bonds. The quantitative estimate of drug-likeness (QED) is 0.517. The minimum absolute atomic E-state index is 0.222. The van der Waals surface area contributed by atoms with E-state index >= 15 is 0 Å². The van der Waals surface area contributed by atoms with Gasteiger partial charge in [-0.3, -0.25) is 10.8 Å². The first-order valence-corrected chi connectivity index (χ1v) is 10.2. The Hall–Kier alpha value is -3.35. The van der Waals surface area contributed by atoms with E-state index in [9.17, 15) is 0 Å². The summed E-state index contributed by atoms with van der Waals surface area (Å²) in [6.07, 6.45) is 2.88. The number of fused-ring (bicyclic) bond motifs is 2. The van der Waals surface area contributed by atoms with Gasteiger partial charge in [0.25, 0.3) is 0 Å². The first kappa shape index (κ1) is 18.7. The molecule has 0 atom stereocenters. The lowest BCUT2D eigenvalue weighted by Gasteiger charge is -2.31. The molecule has 2 N–H and O–H groups in total. The summed E-state index contributed by atoms with van der Waals surface area (Å²) in [5.41, 5.74) is 2.72. The summed E-state index contributed by atoms with van der Waals surface area (Å²) in [6, 6.07) is 12.0. The maximum Gasteiger partial charge on any atom is 0.161 e. The minimum atomic E-state index is 0.222. The molecule has 1 saturated carbocycles. The van der Waals surface area contributed by atoms with Crippen LogP contribution in [0, 0.1) is 16.7 Å². The second kappa shape index (κ2) is 7.16. The van der Waals surface area contributed by atoms with Crippen LogP contribution in [-0.4, -0.2) is 36.4 Å². The van der Waals surface area contributed by atoms with Crippen molar-refractivity contribution in [3.8, 4) is 11.5 Å². The summed E-state index contributed by atoms with van der Waals surface area (Å²) in [5, 5.41) is 23.7. The van der Waals surface area contributed by atoms with Crippen LogP contribution in [-0.2, 0) is 13.0 Å². The Kier molecular flexibility index (Phi) is 4.46. The van der Waals surface area contributed by atoms with Gasteiger partial charge in [-0.1, -0.05) is 24.3 Å². The molecule has 2 aromatic carbocycles. The molecular formula is C23H25N5O2. The Labute approximate surface area is 174 Å². The molecule has 0 bridgehead atoms. The van der Waals surface area contributed by atoms with Crippen LogP contribution in [0.1, 0.15) is 24.0 Å². The topological polar surface area (TPSA) is 87.2 Å². The van der Waals surface area contributed by atoms with Crippen molar-refractivity contribution < 1.29 is 9.47 Å². The Balaban J connectivity index is 1.61. The lowest BCUT2D eigenvalue weighted by Crippen LogP contribution is -2.36. The summed E-state index contributed by atoms with van der Waals surface area (Å²) in [5.74, 6) is 2.95. The number of hydrogen-bond acceptors (Lipinski definition) is 6. The third kappa shape index (κ3) is 3.01. The van der Waals surface area contributed by atoms with Gasteiger partial charge in [0.1, 0.15) is 5.84 Å². The van der Waals surface area contributed by atoms with Crippen LogP contribution < -0.4 is 19.9 Å². The van der Waals surface area contributed by atoms with Gasteiger partial charge in [-0.2, -0.15) is 4.68 Å². The standard InChI is InChI=1S/C23H25N5O2/c1-29-19-11-15-9-10-27(13-16(15)12-20(19)30-2)23-18-6-4-3-5-17(18)22(25)28(26-23)21(24)14-7-8-14/h3-6,11-12,14,24-25H,7-10,13H2,1-2H3. The molecule has 1 aliphatic carbocycles. The highest BCUT2D eigenvalue weighted by molar-refractivity contribution is 5.94. The highest BCUT2D eigenvalue weighted by Gasteiger charge is 2.30. The predicted octanol–water partition coefficient (Wildman–Crippen LogP) is 3.33. The molecule has 2 aliphatic rings. The van der Waals surface area contributed by atoms with Crippen molar-refractivity contribution in [2.24, 2.45) is 5.92 Å². The van der Waals surface area contributed by atoms with Gasteiger partial charge >= 0.3 is 0 Å². The third-order valence-electron chi connectivity index (χ3n) is 6.04. The Bertz CT molecular complexity index is 1210. The zero-order valence-electron chi connectivity index (χ0n) is 17.2. The fourth-order valence-electron chi connectivity index (χ4n) is 4.20. The molecule has 30 heavy (non-hydrogen) atoms. The van der Waals surface area contributed by atoms with Crippen molar-refractivity contribution in [1.29, 1.82) is 10.8 Å². The number of nitrogens with zero attached hydrogens (tertiary/aromatic N) is 3. The number of ether oxygens (including phenoxy) is 2. The van der Waals surface area contributed by atoms with Crippen molar-refractivity contribution in [3.05, 3.63) is 53.0 Å². The Morgan fingerprint density at radius 1 is 1.03 bits per heavy atom. The van der Waals surface area contributed by atoms with E-state index in [0.717, 1.165) is 53.9 Å². The van der Waals surface area contributed by atoms with E-state index in [1.54, 1.807) is 14.2 Å². The van der Waals surface area contributed by atoms with E-state index in [-0.39, 0.29) is 11.4 Å². The Morgan fingerprint density at radius 3 is 2.37 bits per heavy atom. The van der Waals surface area contributed by atoms with Crippen molar-refractivity contribution in [2.45, 2.75) is 25.8 Å². The predicted molar refractivity (Wildman–Crippen MR) is 116 cm³/mol. The molecule has 7 heteroatoms. The third-order valence-corrected chi connectivity index (χ3v) is 6.04. The fourth-order valence-corrected chi connectivity index (χ4v) is 4.20. The van der Waals surface area contributed by atoms with Crippen LogP contribution in [0.5, 0.6) is 11.5 Å². The minimum Gasteiger partial charge on any atom is -0.493 e. The van der Waals surface area contributed by atoms with Crippen molar-refractivity contribution >= 4 is 22.4 Å². The molecule has 1 aliphatic heterocycles. The second-order valence-corrected chi connectivity index (χ2v) is 7.94. The summed E-state index contributed by atoms with van der Waals surface area (Å²) in [6.45, 7) is 1.51. The van der Waals surface area contributed by atoms with Crippen molar-refractivity contribution in [1.82, 2.24) is 9.78 Å². The number of benzene rings is 2. The summed E-state index contributed by atoms with van der Waals surface area (Å²) < 4.78 is 12.5. The van der Waals surface area contributed by atoms with Crippen LogP contribution in [0.25, 0.3) is 10.8 Å². The van der Waals surface area contributed by atoms with Crippen LogP contribution in [0.4, 0.5) is 5.82 Å². The number of nitrogens with one attached hydrogen (secondary N) is 2. The van der Waals surface area contributed by atoms with Crippen LogP contribution in [0.15, 0.2) is 36.4 Å². The molecule has 154 valence electrons. The van der Waals surface area contributed by atoms with Gasteiger partial charge in [0, 0.05) is 29.8 Å². The SMILES string of the molecule is COc1cc2c(cc1OC)CN(c1nn(C(=N)C3CC3)c(=N)c3ccccc13)CC2. The Morgan fingerprint density at radius 2 is 1.70 bits per heavy atom. The highest BCUT2D eigenvalue weighted by Crippen LogP contribution is 2.35. The van der Waals surface area contributed by atoms with E-state index < -0.39 is 0 Å². The second-order valence-electron chi connectivity index (χ2n) is 7.94. The molecule has 7 nitrogen and oxygen atoms in total. The number of rotatable bonds is 4. The highest BCUT2D eigenvalue weighted by atomic mass is 16.5. The van der Waals surface area contributed by atoms with Crippen LogP contribution >= 0.6 is 0 Å². The average Bonchev–Trinajstić information content (AvgIpc) is 3.63. The summed E-state index contributed by atoms with van der Waals surface area (Å²) in [7, 11) is 3.31. The lowest BCUT2D eigenvalue weighted by molar-refractivity contribution is 0.353. The zero-order chi connectivity index (χ0) is 20.8. The van der Waals surface area contributed by atoms with Crippen LogP contribution in [0.2, 0.25) is 0 Å². The fraction of sp³-hybridized carbons (Fsp3) is 0.348. The number of hydrogen-bond donors (Lipinski definition) is 2. The molecule has 0 radical (unpaired) electrons. The molecule has 5 rings (SSSR count). The monoisotopic (exact) mass is 403 g/mol. The molecule has 0 saturated heterocycles.